The summed E-state index contributed by atoms with van der Waals surface area (Å²) >= 11 is 0. The highest BCUT2D eigenvalue weighted by Gasteiger charge is 2.22. The number of piperidine rings is 1. The van der Waals surface area contributed by atoms with Crippen LogP contribution in [0.25, 0.3) is 0 Å². The fourth-order valence-corrected chi connectivity index (χ4v) is 2.45. The second-order valence-electron chi connectivity index (χ2n) is 4.81. The highest BCUT2D eigenvalue weighted by Crippen LogP contribution is 2.24. The van der Waals surface area contributed by atoms with Gasteiger partial charge < -0.3 is 10.2 Å². The summed E-state index contributed by atoms with van der Waals surface area (Å²) < 4.78 is 26.9. The number of anilines is 1. The molecule has 0 saturated carbocycles. The lowest BCUT2D eigenvalue weighted by molar-refractivity contribution is 0.417. The fraction of sp³-hybridized carbons (Fsp3) is 0.571. The number of nitrogens with one attached hydrogen (secondary N) is 1. The molecule has 1 aromatic carbocycles. The molecule has 4 heteroatoms. The lowest BCUT2D eigenvalue weighted by Gasteiger charge is -2.35. The van der Waals surface area contributed by atoms with Gasteiger partial charge in [-0.1, -0.05) is 13.0 Å². The van der Waals surface area contributed by atoms with E-state index in [9.17, 15) is 8.78 Å². The van der Waals surface area contributed by atoms with Crippen molar-refractivity contribution in [3.63, 3.8) is 0 Å². The maximum atomic E-state index is 13.7. The average molecular weight is 254 g/mol. The Morgan fingerprint density at radius 3 is 3.00 bits per heavy atom. The molecule has 1 atom stereocenters. The van der Waals surface area contributed by atoms with Crippen molar-refractivity contribution in [2.24, 2.45) is 0 Å². The summed E-state index contributed by atoms with van der Waals surface area (Å²) in [6, 6.07) is 4.76. The van der Waals surface area contributed by atoms with Gasteiger partial charge in [0, 0.05) is 19.1 Å². The average Bonchev–Trinajstić information content (AvgIpc) is 2.40. The molecule has 2 nitrogen and oxygen atoms in total. The summed E-state index contributed by atoms with van der Waals surface area (Å²) in [7, 11) is 0. The van der Waals surface area contributed by atoms with Crippen LogP contribution in [0.2, 0.25) is 0 Å². The predicted molar refractivity (Wildman–Crippen MR) is 69.9 cm³/mol. The predicted octanol–water partition coefficient (Wildman–Crippen LogP) is 2.93. The van der Waals surface area contributed by atoms with Crippen LogP contribution in [0.4, 0.5) is 14.5 Å². The summed E-state index contributed by atoms with van der Waals surface area (Å²) in [6.45, 7) is 4.65. The van der Waals surface area contributed by atoms with Gasteiger partial charge in [0.05, 0.1) is 5.69 Å². The second kappa shape index (κ2) is 6.14. The maximum Gasteiger partial charge on any atom is 0.182 e. The van der Waals surface area contributed by atoms with Crippen molar-refractivity contribution in [3.05, 3.63) is 29.8 Å². The zero-order valence-corrected chi connectivity index (χ0v) is 10.8. The number of hydrogen-bond acceptors (Lipinski definition) is 2. The number of halogens is 2. The van der Waals surface area contributed by atoms with Crippen LogP contribution in [-0.2, 0) is 0 Å². The van der Waals surface area contributed by atoms with Crippen LogP contribution in [-0.4, -0.2) is 25.7 Å². The fourth-order valence-electron chi connectivity index (χ4n) is 2.45. The third-order valence-corrected chi connectivity index (χ3v) is 3.38. The largest absolute Gasteiger partial charge is 0.368 e. The molecule has 0 amide bonds. The minimum absolute atomic E-state index is 0.376. The van der Waals surface area contributed by atoms with Gasteiger partial charge in [-0.2, -0.15) is 0 Å². The zero-order chi connectivity index (χ0) is 13.0. The number of rotatable bonds is 4. The van der Waals surface area contributed by atoms with Crippen LogP contribution >= 0.6 is 0 Å². The molecular weight excluding hydrogens is 234 g/mol. The van der Waals surface area contributed by atoms with Gasteiger partial charge in [-0.05, 0) is 37.9 Å². The van der Waals surface area contributed by atoms with Crippen molar-refractivity contribution in [1.29, 1.82) is 0 Å². The number of nitrogens with zero attached hydrogens (tertiary/aromatic N) is 1. The third-order valence-electron chi connectivity index (χ3n) is 3.38. The molecule has 1 heterocycles. The molecular formula is C14H20F2N2. The Bertz CT molecular complexity index is 395. The quantitative estimate of drug-likeness (QED) is 0.888. The van der Waals surface area contributed by atoms with Gasteiger partial charge in [0.15, 0.2) is 11.6 Å². The van der Waals surface area contributed by atoms with Crippen molar-refractivity contribution >= 4 is 5.69 Å². The molecule has 0 aromatic heterocycles. The second-order valence-corrected chi connectivity index (χ2v) is 4.81. The Balaban J connectivity index is 2.06. The molecule has 1 saturated heterocycles. The van der Waals surface area contributed by atoms with E-state index in [4.69, 9.17) is 0 Å². The van der Waals surface area contributed by atoms with Crippen molar-refractivity contribution in [2.75, 3.05) is 24.5 Å². The van der Waals surface area contributed by atoms with Crippen molar-refractivity contribution < 1.29 is 8.78 Å². The molecule has 0 spiro atoms. The molecule has 1 unspecified atom stereocenters. The molecule has 1 N–H and O–H groups in total. The molecule has 1 aliphatic heterocycles. The Kier molecular flexibility index (Phi) is 4.53. The Morgan fingerprint density at radius 2 is 2.22 bits per heavy atom. The van der Waals surface area contributed by atoms with Crippen LogP contribution in [0.3, 0.4) is 0 Å². The van der Waals surface area contributed by atoms with Crippen molar-refractivity contribution in [1.82, 2.24) is 5.32 Å². The Labute approximate surface area is 107 Å². The molecule has 1 fully saturated rings. The van der Waals surface area contributed by atoms with Gasteiger partial charge in [-0.3, -0.25) is 0 Å². The molecule has 0 aliphatic carbocycles. The van der Waals surface area contributed by atoms with E-state index in [1.54, 1.807) is 12.1 Å². The van der Waals surface area contributed by atoms with E-state index in [0.717, 1.165) is 45.0 Å². The molecule has 2 rings (SSSR count). The number of hydrogen-bond donors (Lipinski definition) is 1. The standard InChI is InChI=1S/C14H20F2N2/c1-2-8-17-11-5-4-9-18(10-11)13-7-3-6-12(15)14(13)16/h3,6-7,11,17H,2,4-5,8-10H2,1H3. The SMILES string of the molecule is CCCNC1CCCN(c2cccc(F)c2F)C1. The minimum atomic E-state index is -0.767. The van der Waals surface area contributed by atoms with Gasteiger partial charge in [-0.25, -0.2) is 8.78 Å². The third kappa shape index (κ3) is 2.99. The zero-order valence-electron chi connectivity index (χ0n) is 10.8. The van der Waals surface area contributed by atoms with Crippen LogP contribution < -0.4 is 10.2 Å². The normalized spacial score (nSPS) is 20.2. The van der Waals surface area contributed by atoms with Gasteiger partial charge in [0.2, 0.25) is 0 Å². The summed E-state index contributed by atoms with van der Waals surface area (Å²) in [5, 5.41) is 3.45. The Hall–Kier alpha value is -1.16. The van der Waals surface area contributed by atoms with E-state index in [2.05, 4.69) is 12.2 Å². The Morgan fingerprint density at radius 1 is 1.39 bits per heavy atom. The topological polar surface area (TPSA) is 15.3 Å². The lowest BCUT2D eigenvalue weighted by atomic mass is 10.0. The maximum absolute atomic E-state index is 13.7. The summed E-state index contributed by atoms with van der Waals surface area (Å²) in [5.41, 5.74) is 0.387. The van der Waals surface area contributed by atoms with E-state index in [0.29, 0.717) is 11.7 Å². The first-order valence-electron chi connectivity index (χ1n) is 6.64. The highest BCUT2D eigenvalue weighted by molar-refractivity contribution is 5.48. The smallest absolute Gasteiger partial charge is 0.182 e. The van der Waals surface area contributed by atoms with Gasteiger partial charge in [-0.15, -0.1) is 0 Å². The van der Waals surface area contributed by atoms with Gasteiger partial charge >= 0.3 is 0 Å². The van der Waals surface area contributed by atoms with Crippen LogP contribution in [0.15, 0.2) is 18.2 Å². The van der Waals surface area contributed by atoms with E-state index in [1.807, 2.05) is 4.90 Å². The first-order valence-corrected chi connectivity index (χ1v) is 6.64. The van der Waals surface area contributed by atoms with E-state index in [1.165, 1.54) is 0 Å². The number of benzene rings is 1. The van der Waals surface area contributed by atoms with E-state index in [-0.39, 0.29) is 0 Å². The van der Waals surface area contributed by atoms with Crippen LogP contribution in [0.1, 0.15) is 26.2 Å². The lowest BCUT2D eigenvalue weighted by Crippen LogP contribution is -2.46. The summed E-state index contributed by atoms with van der Waals surface area (Å²) in [5.74, 6) is -1.50. The minimum Gasteiger partial charge on any atom is -0.368 e. The van der Waals surface area contributed by atoms with Crippen LogP contribution in [0.5, 0.6) is 0 Å². The molecule has 18 heavy (non-hydrogen) atoms. The molecule has 0 radical (unpaired) electrons. The molecule has 0 bridgehead atoms. The first-order chi connectivity index (χ1) is 8.72. The van der Waals surface area contributed by atoms with Gasteiger partial charge in [0.25, 0.3) is 0 Å². The first kappa shape index (κ1) is 13.3. The van der Waals surface area contributed by atoms with E-state index < -0.39 is 11.6 Å². The van der Waals surface area contributed by atoms with Crippen LogP contribution in [0, 0.1) is 11.6 Å². The van der Waals surface area contributed by atoms with Gasteiger partial charge in [0.1, 0.15) is 0 Å². The van der Waals surface area contributed by atoms with Crippen molar-refractivity contribution in [3.8, 4) is 0 Å². The highest BCUT2D eigenvalue weighted by atomic mass is 19.2. The monoisotopic (exact) mass is 254 g/mol. The molecule has 1 aliphatic rings. The summed E-state index contributed by atoms with van der Waals surface area (Å²) in [4.78, 5) is 1.94. The van der Waals surface area contributed by atoms with E-state index >= 15 is 0 Å². The molecule has 1 aromatic rings. The van der Waals surface area contributed by atoms with Crippen molar-refractivity contribution in [2.45, 2.75) is 32.2 Å². The molecule has 100 valence electrons. The summed E-state index contributed by atoms with van der Waals surface area (Å²) in [6.07, 6.45) is 3.20.